The van der Waals surface area contributed by atoms with Crippen molar-refractivity contribution in [2.24, 2.45) is 18.7 Å². The summed E-state index contributed by atoms with van der Waals surface area (Å²) in [7, 11) is 1.86. The first kappa shape index (κ1) is 12.7. The van der Waals surface area contributed by atoms with Gasteiger partial charge in [0.1, 0.15) is 0 Å². The molecule has 90 valence electrons. The molecular weight excluding hydrogens is 204 g/mol. The first-order chi connectivity index (χ1) is 7.69. The summed E-state index contributed by atoms with van der Waals surface area (Å²) >= 11 is 0. The molecular formula is C11H20N4O. The van der Waals surface area contributed by atoms with Gasteiger partial charge < -0.3 is 11.1 Å². The van der Waals surface area contributed by atoms with Crippen LogP contribution in [0.3, 0.4) is 0 Å². The average molecular weight is 224 g/mol. The molecule has 1 aromatic rings. The largest absolute Gasteiger partial charge is 0.350 e. The monoisotopic (exact) mass is 224 g/mol. The van der Waals surface area contributed by atoms with Crippen LogP contribution in [0, 0.1) is 5.92 Å². The highest BCUT2D eigenvalue weighted by molar-refractivity contribution is 5.78. The molecule has 1 heterocycles. The van der Waals surface area contributed by atoms with E-state index in [4.69, 9.17) is 5.73 Å². The molecule has 5 nitrogen and oxygen atoms in total. The fourth-order valence-corrected chi connectivity index (χ4v) is 1.60. The molecule has 0 aliphatic heterocycles. The summed E-state index contributed by atoms with van der Waals surface area (Å²) < 4.78 is 1.75. The molecule has 0 saturated carbocycles. The van der Waals surface area contributed by atoms with Crippen LogP contribution in [-0.4, -0.2) is 22.2 Å². The first-order valence-electron chi connectivity index (χ1n) is 5.63. The van der Waals surface area contributed by atoms with Gasteiger partial charge in [0.2, 0.25) is 5.91 Å². The molecule has 5 heteroatoms. The summed E-state index contributed by atoms with van der Waals surface area (Å²) in [4.78, 5) is 11.7. The van der Waals surface area contributed by atoms with Gasteiger partial charge in [-0.05, 0) is 12.5 Å². The molecule has 0 fully saturated rings. The predicted octanol–water partition coefficient (Wildman–Crippen LogP) is 0.411. The fourth-order valence-electron chi connectivity index (χ4n) is 1.60. The molecule has 3 N–H and O–H groups in total. The fraction of sp³-hybridized carbons (Fsp3) is 0.636. The van der Waals surface area contributed by atoms with Crippen LogP contribution in [0.2, 0.25) is 0 Å². The highest BCUT2D eigenvalue weighted by Gasteiger charge is 2.15. The molecule has 16 heavy (non-hydrogen) atoms. The summed E-state index contributed by atoms with van der Waals surface area (Å²) in [5, 5.41) is 6.92. The maximum Gasteiger partial charge on any atom is 0.224 e. The van der Waals surface area contributed by atoms with Crippen molar-refractivity contribution in [1.29, 1.82) is 0 Å². The van der Waals surface area contributed by atoms with Gasteiger partial charge in [0.15, 0.2) is 0 Å². The Bertz CT molecular complexity index is 334. The molecule has 0 radical (unpaired) electrons. The number of nitrogens with one attached hydrogen (secondary N) is 1. The number of hydrogen-bond acceptors (Lipinski definition) is 3. The topological polar surface area (TPSA) is 72.9 Å². The second-order valence-corrected chi connectivity index (χ2v) is 3.89. The van der Waals surface area contributed by atoms with E-state index in [2.05, 4.69) is 17.3 Å². The maximum absolute atomic E-state index is 11.7. The Morgan fingerprint density at radius 1 is 1.69 bits per heavy atom. The Hall–Kier alpha value is -1.36. The van der Waals surface area contributed by atoms with Crippen LogP contribution in [0.25, 0.3) is 0 Å². The minimum absolute atomic E-state index is 0.0329. The van der Waals surface area contributed by atoms with Gasteiger partial charge in [-0.25, -0.2) is 0 Å². The summed E-state index contributed by atoms with van der Waals surface area (Å²) in [5.41, 5.74) is 6.55. The number of nitrogens with two attached hydrogens (primary N) is 1. The zero-order valence-electron chi connectivity index (χ0n) is 9.94. The van der Waals surface area contributed by atoms with Crippen molar-refractivity contribution in [3.63, 3.8) is 0 Å². The van der Waals surface area contributed by atoms with Crippen LogP contribution in [0.4, 0.5) is 0 Å². The lowest BCUT2D eigenvalue weighted by atomic mass is 10.0. The highest BCUT2D eigenvalue weighted by atomic mass is 16.1. The summed E-state index contributed by atoms with van der Waals surface area (Å²) in [6.07, 6.45) is 3.53. The smallest absolute Gasteiger partial charge is 0.224 e. The van der Waals surface area contributed by atoms with Gasteiger partial charge in [-0.2, -0.15) is 5.10 Å². The highest BCUT2D eigenvalue weighted by Crippen LogP contribution is 2.05. The Balaban J connectivity index is 2.42. The number of amides is 1. The van der Waals surface area contributed by atoms with E-state index in [9.17, 15) is 4.79 Å². The number of aromatic nitrogens is 2. The van der Waals surface area contributed by atoms with Crippen molar-refractivity contribution in [1.82, 2.24) is 15.1 Å². The van der Waals surface area contributed by atoms with Gasteiger partial charge >= 0.3 is 0 Å². The van der Waals surface area contributed by atoms with Gasteiger partial charge in [-0.15, -0.1) is 0 Å². The lowest BCUT2D eigenvalue weighted by molar-refractivity contribution is -0.125. The third kappa shape index (κ3) is 3.34. The van der Waals surface area contributed by atoms with Gasteiger partial charge in [0, 0.05) is 19.8 Å². The van der Waals surface area contributed by atoms with E-state index in [0.717, 1.165) is 18.5 Å². The summed E-state index contributed by atoms with van der Waals surface area (Å²) in [6.45, 7) is 2.97. The SMILES string of the molecule is CCCC(CN)C(=O)NCc1ccnn1C. The van der Waals surface area contributed by atoms with Crippen LogP contribution in [0.5, 0.6) is 0 Å². The van der Waals surface area contributed by atoms with E-state index < -0.39 is 0 Å². The molecule has 0 spiro atoms. The van der Waals surface area contributed by atoms with Crippen LogP contribution in [0.15, 0.2) is 12.3 Å². The van der Waals surface area contributed by atoms with Gasteiger partial charge in [-0.1, -0.05) is 13.3 Å². The number of aryl methyl sites for hydroxylation is 1. The predicted molar refractivity (Wildman–Crippen MR) is 62.5 cm³/mol. The lowest BCUT2D eigenvalue weighted by Gasteiger charge is -2.13. The second kappa shape index (κ2) is 6.27. The van der Waals surface area contributed by atoms with Crippen LogP contribution < -0.4 is 11.1 Å². The van der Waals surface area contributed by atoms with E-state index in [0.29, 0.717) is 13.1 Å². The summed E-state index contributed by atoms with van der Waals surface area (Å²) in [5.74, 6) is -0.0382. The quantitative estimate of drug-likeness (QED) is 0.735. The molecule has 0 saturated heterocycles. The Morgan fingerprint density at radius 3 is 2.94 bits per heavy atom. The van der Waals surface area contributed by atoms with Crippen molar-refractivity contribution >= 4 is 5.91 Å². The Labute approximate surface area is 96.0 Å². The van der Waals surface area contributed by atoms with E-state index in [1.807, 2.05) is 13.1 Å². The molecule has 0 aliphatic carbocycles. The number of rotatable bonds is 6. The van der Waals surface area contributed by atoms with Crippen molar-refractivity contribution in [2.45, 2.75) is 26.3 Å². The standard InChI is InChI=1S/C11H20N4O/c1-3-4-9(7-12)11(16)13-8-10-5-6-14-15(10)2/h5-6,9H,3-4,7-8,12H2,1-2H3,(H,13,16). The van der Waals surface area contributed by atoms with Crippen LogP contribution in [0.1, 0.15) is 25.5 Å². The zero-order valence-corrected chi connectivity index (χ0v) is 9.94. The van der Waals surface area contributed by atoms with E-state index >= 15 is 0 Å². The zero-order chi connectivity index (χ0) is 12.0. The van der Waals surface area contributed by atoms with Crippen molar-refractivity contribution in [3.8, 4) is 0 Å². The van der Waals surface area contributed by atoms with Crippen molar-refractivity contribution < 1.29 is 4.79 Å². The molecule has 1 aromatic heterocycles. The number of nitrogens with zero attached hydrogens (tertiary/aromatic N) is 2. The summed E-state index contributed by atoms with van der Waals surface area (Å²) in [6, 6.07) is 1.89. The normalized spacial score (nSPS) is 12.4. The molecule has 1 unspecified atom stereocenters. The molecule has 0 aliphatic rings. The van der Waals surface area contributed by atoms with Gasteiger partial charge in [-0.3, -0.25) is 9.48 Å². The van der Waals surface area contributed by atoms with Crippen LogP contribution in [-0.2, 0) is 18.4 Å². The van der Waals surface area contributed by atoms with Crippen molar-refractivity contribution in [3.05, 3.63) is 18.0 Å². The van der Waals surface area contributed by atoms with Gasteiger partial charge in [0.05, 0.1) is 18.2 Å². The van der Waals surface area contributed by atoms with E-state index in [-0.39, 0.29) is 11.8 Å². The average Bonchev–Trinajstić information content (AvgIpc) is 2.68. The number of carbonyl (C=O) groups excluding carboxylic acids is 1. The molecule has 1 rings (SSSR count). The van der Waals surface area contributed by atoms with E-state index in [1.165, 1.54) is 0 Å². The van der Waals surface area contributed by atoms with Crippen LogP contribution >= 0.6 is 0 Å². The molecule has 1 amide bonds. The number of carbonyl (C=O) groups is 1. The Kier molecular flexibility index (Phi) is 4.98. The minimum atomic E-state index is -0.0711. The maximum atomic E-state index is 11.7. The van der Waals surface area contributed by atoms with E-state index in [1.54, 1.807) is 10.9 Å². The third-order valence-corrected chi connectivity index (χ3v) is 2.66. The van der Waals surface area contributed by atoms with Gasteiger partial charge in [0.25, 0.3) is 0 Å². The second-order valence-electron chi connectivity index (χ2n) is 3.89. The third-order valence-electron chi connectivity index (χ3n) is 2.66. The molecule has 0 aromatic carbocycles. The Morgan fingerprint density at radius 2 is 2.44 bits per heavy atom. The first-order valence-corrected chi connectivity index (χ1v) is 5.63. The minimum Gasteiger partial charge on any atom is -0.350 e. The molecule has 0 bridgehead atoms. The van der Waals surface area contributed by atoms with Crippen molar-refractivity contribution in [2.75, 3.05) is 6.54 Å². The number of hydrogen-bond donors (Lipinski definition) is 2. The molecule has 1 atom stereocenters. The lowest BCUT2D eigenvalue weighted by Crippen LogP contribution is -2.35.